The molecule has 1 aliphatic rings. The Labute approximate surface area is 132 Å². The van der Waals surface area contributed by atoms with Gasteiger partial charge in [0.05, 0.1) is 13.2 Å². The summed E-state index contributed by atoms with van der Waals surface area (Å²) in [5, 5.41) is 15.2. The van der Waals surface area contributed by atoms with Crippen molar-refractivity contribution in [3.63, 3.8) is 0 Å². The Morgan fingerprint density at radius 1 is 1.23 bits per heavy atom. The van der Waals surface area contributed by atoms with E-state index < -0.39 is 13.0 Å². The van der Waals surface area contributed by atoms with Gasteiger partial charge in [0.2, 0.25) is 5.91 Å². The molecule has 0 aromatic heterocycles. The number of hydrogen-bond donors (Lipinski definition) is 3. The third-order valence-corrected chi connectivity index (χ3v) is 3.67. The first-order valence-corrected chi connectivity index (χ1v) is 7.93. The van der Waals surface area contributed by atoms with E-state index in [1.807, 2.05) is 13.8 Å². The number of hydrogen-bond acceptors (Lipinski definition) is 4. The van der Waals surface area contributed by atoms with Crippen LogP contribution in [0.15, 0.2) is 0 Å². The summed E-state index contributed by atoms with van der Waals surface area (Å²) in [6.07, 6.45) is 0.688. The van der Waals surface area contributed by atoms with E-state index >= 15 is 0 Å². The van der Waals surface area contributed by atoms with Crippen molar-refractivity contribution in [3.8, 4) is 0 Å². The van der Waals surface area contributed by atoms with Crippen LogP contribution in [0.1, 0.15) is 27.2 Å². The van der Waals surface area contributed by atoms with E-state index in [1.165, 1.54) is 0 Å². The Balaban J connectivity index is 2.47. The molecule has 0 unspecified atom stereocenters. The monoisotopic (exact) mass is 313 g/mol. The maximum atomic E-state index is 12.2. The van der Waals surface area contributed by atoms with Gasteiger partial charge in [0.15, 0.2) is 0 Å². The predicted molar refractivity (Wildman–Crippen MR) is 85.6 cm³/mol. The molecule has 1 fully saturated rings. The second kappa shape index (κ2) is 9.00. The largest absolute Gasteiger partial charge is 0.449 e. The van der Waals surface area contributed by atoms with E-state index in [0.29, 0.717) is 38.6 Å². The van der Waals surface area contributed by atoms with Gasteiger partial charge in [-0.25, -0.2) is 4.79 Å². The van der Waals surface area contributed by atoms with Crippen molar-refractivity contribution in [2.45, 2.75) is 46.0 Å². The van der Waals surface area contributed by atoms with E-state index in [1.54, 1.807) is 18.6 Å². The molecule has 126 valence electrons. The van der Waals surface area contributed by atoms with Crippen LogP contribution in [-0.2, 0) is 9.53 Å². The molecule has 3 N–H and O–H groups in total. The van der Waals surface area contributed by atoms with Crippen molar-refractivity contribution in [1.29, 1.82) is 0 Å². The highest BCUT2D eigenvalue weighted by Gasteiger charge is 2.26. The molecule has 0 spiro atoms. The third kappa shape index (κ3) is 6.23. The van der Waals surface area contributed by atoms with Crippen LogP contribution in [0.5, 0.6) is 0 Å². The highest BCUT2D eigenvalue weighted by molar-refractivity contribution is 6.51. The second-order valence-electron chi connectivity index (χ2n) is 6.26. The number of ether oxygens (including phenoxy) is 1. The summed E-state index contributed by atoms with van der Waals surface area (Å²) in [6, 6.07) is -0.910. The molecule has 0 aliphatic carbocycles. The quantitative estimate of drug-likeness (QED) is 0.607. The topological polar surface area (TPSA) is 90.9 Å². The van der Waals surface area contributed by atoms with Crippen LogP contribution in [0.3, 0.4) is 0 Å². The molecule has 1 aliphatic heterocycles. The van der Waals surface area contributed by atoms with Crippen molar-refractivity contribution in [2.24, 2.45) is 5.92 Å². The van der Waals surface area contributed by atoms with Gasteiger partial charge < -0.3 is 25.3 Å². The minimum Gasteiger partial charge on any atom is -0.449 e. The molecular weight excluding hydrogens is 285 g/mol. The van der Waals surface area contributed by atoms with E-state index in [0.717, 1.165) is 0 Å². The van der Waals surface area contributed by atoms with Crippen LogP contribution >= 0.6 is 0 Å². The summed E-state index contributed by atoms with van der Waals surface area (Å²) in [7, 11) is 0. The highest BCUT2D eigenvalue weighted by Crippen LogP contribution is 2.07. The van der Waals surface area contributed by atoms with E-state index in [4.69, 9.17) is 4.74 Å². The minimum absolute atomic E-state index is 0.261. The fourth-order valence-electron chi connectivity index (χ4n) is 2.30. The van der Waals surface area contributed by atoms with E-state index in [9.17, 15) is 14.6 Å². The van der Waals surface area contributed by atoms with Crippen molar-refractivity contribution in [1.82, 2.24) is 15.5 Å². The van der Waals surface area contributed by atoms with Crippen molar-refractivity contribution < 1.29 is 19.3 Å². The minimum atomic E-state index is -0.649. The zero-order valence-electron chi connectivity index (χ0n) is 14.0. The first-order chi connectivity index (χ1) is 10.3. The lowest BCUT2D eigenvalue weighted by molar-refractivity contribution is -0.123. The molecule has 8 heteroatoms. The molecule has 22 heavy (non-hydrogen) atoms. The normalized spacial score (nSPS) is 17.8. The van der Waals surface area contributed by atoms with Gasteiger partial charge in [0.1, 0.15) is 6.04 Å². The van der Waals surface area contributed by atoms with Crippen LogP contribution in [0, 0.1) is 5.92 Å². The van der Waals surface area contributed by atoms with E-state index in [2.05, 4.69) is 10.6 Å². The molecule has 1 rings (SSSR count). The molecule has 1 heterocycles. The summed E-state index contributed by atoms with van der Waals surface area (Å²) in [5.74, 6) is -0.235. The van der Waals surface area contributed by atoms with Gasteiger partial charge in [0.25, 0.3) is 0 Å². The summed E-state index contributed by atoms with van der Waals surface area (Å²) in [4.78, 5) is 25.9. The van der Waals surface area contributed by atoms with E-state index in [-0.39, 0.29) is 17.9 Å². The molecule has 0 aromatic carbocycles. The van der Waals surface area contributed by atoms with Crippen molar-refractivity contribution >= 4 is 18.9 Å². The fraction of sp³-hybridized carbons (Fsp3) is 0.857. The number of nitrogens with zero attached hydrogens (tertiary/aromatic N) is 1. The molecular formula is C14H28BN3O4. The van der Waals surface area contributed by atoms with Gasteiger partial charge in [-0.05, 0) is 19.3 Å². The molecule has 3 amide bonds. The summed E-state index contributed by atoms with van der Waals surface area (Å²) in [5.41, 5.74) is 0. The van der Waals surface area contributed by atoms with Crippen molar-refractivity contribution in [3.05, 3.63) is 0 Å². The Morgan fingerprint density at radius 3 is 2.32 bits per heavy atom. The van der Waals surface area contributed by atoms with Crippen LogP contribution in [0.4, 0.5) is 4.79 Å². The van der Waals surface area contributed by atoms with Gasteiger partial charge >= 0.3 is 12.9 Å². The number of rotatable bonds is 6. The first kappa shape index (κ1) is 18.8. The lowest BCUT2D eigenvalue weighted by atomic mass is 9.61. The summed E-state index contributed by atoms with van der Waals surface area (Å²) >= 11 is 0. The Bertz CT molecular complexity index is 373. The number of nitrogens with one attached hydrogen (secondary N) is 2. The molecule has 0 aromatic rings. The van der Waals surface area contributed by atoms with Crippen LogP contribution in [-0.4, -0.2) is 67.1 Å². The van der Waals surface area contributed by atoms with Crippen LogP contribution in [0.2, 0.25) is 6.82 Å². The third-order valence-electron chi connectivity index (χ3n) is 3.67. The summed E-state index contributed by atoms with van der Waals surface area (Å²) < 4.78 is 5.19. The first-order valence-electron chi connectivity index (χ1n) is 7.93. The van der Waals surface area contributed by atoms with Crippen LogP contribution < -0.4 is 10.6 Å². The lowest BCUT2D eigenvalue weighted by Crippen LogP contribution is -2.55. The smallest absolute Gasteiger partial charge is 0.318 e. The number of carbonyl (C=O) groups excluding carboxylic acids is 2. The fourth-order valence-corrected chi connectivity index (χ4v) is 2.30. The SMILES string of the molecule is CB(O)[C@H](CC(C)C)NC(=O)[C@H](C)NC(=O)N1CCOCC1. The second-order valence-corrected chi connectivity index (χ2v) is 6.26. The average Bonchev–Trinajstić information content (AvgIpc) is 2.46. The zero-order valence-corrected chi connectivity index (χ0v) is 14.0. The molecule has 0 saturated carbocycles. The summed E-state index contributed by atoms with van der Waals surface area (Å²) in [6.45, 7) is 8.84. The van der Waals surface area contributed by atoms with Gasteiger partial charge in [-0.15, -0.1) is 0 Å². The predicted octanol–water partition coefficient (Wildman–Crippen LogP) is 0.100. The highest BCUT2D eigenvalue weighted by atomic mass is 16.5. The van der Waals surface area contributed by atoms with Gasteiger partial charge in [-0.3, -0.25) is 4.79 Å². The standard InChI is InChI=1S/C14H28BN3O4/c1-10(2)9-12(15(4)21)17-13(19)11(3)16-14(20)18-5-7-22-8-6-18/h10-12,21H,5-9H2,1-4H3,(H,16,20)(H,17,19)/t11-,12-/m0/s1. The Morgan fingerprint density at radius 2 is 1.82 bits per heavy atom. The van der Waals surface area contributed by atoms with Gasteiger partial charge in [0, 0.05) is 19.0 Å². The number of morpholine rings is 1. The number of carbonyl (C=O) groups is 2. The molecule has 1 saturated heterocycles. The number of amides is 3. The Kier molecular flexibility index (Phi) is 7.68. The lowest BCUT2D eigenvalue weighted by Gasteiger charge is -2.29. The maximum absolute atomic E-state index is 12.2. The molecule has 0 radical (unpaired) electrons. The average molecular weight is 313 g/mol. The molecule has 2 atom stereocenters. The maximum Gasteiger partial charge on any atom is 0.318 e. The van der Waals surface area contributed by atoms with Gasteiger partial charge in [-0.1, -0.05) is 20.7 Å². The number of urea groups is 1. The van der Waals surface area contributed by atoms with Crippen molar-refractivity contribution in [2.75, 3.05) is 26.3 Å². The molecule has 7 nitrogen and oxygen atoms in total. The zero-order chi connectivity index (χ0) is 16.7. The van der Waals surface area contributed by atoms with Crippen LogP contribution in [0.25, 0.3) is 0 Å². The molecule has 0 bridgehead atoms. The van der Waals surface area contributed by atoms with Gasteiger partial charge in [-0.2, -0.15) is 0 Å². The Hall–Kier alpha value is -1.28.